The molecule has 1 fully saturated rings. The molecule has 1 saturated carbocycles. The summed E-state index contributed by atoms with van der Waals surface area (Å²) in [4.78, 5) is 25.1. The Labute approximate surface area is 222 Å². The van der Waals surface area contributed by atoms with E-state index in [9.17, 15) is 14.7 Å². The highest BCUT2D eigenvalue weighted by atomic mass is 32.2. The van der Waals surface area contributed by atoms with E-state index in [0.717, 1.165) is 34.6 Å². The minimum Gasteiger partial charge on any atom is -0.480 e. The summed E-state index contributed by atoms with van der Waals surface area (Å²) in [5.74, 6) is 0.650. The molecule has 1 aliphatic carbocycles. The number of carbonyl (C=O) groups is 2. The van der Waals surface area contributed by atoms with Gasteiger partial charge in [-0.3, -0.25) is 4.79 Å². The standard InChI is InChI=1S/C28H35N5O3S/c1-19-8-6-7-11-22(19)24-16-21(12-13-23(24)27(34)29-25(28(35)36)14-15-37-2)17-26-30-31-32-33(26)18-20-9-4-3-5-10-20/h6-8,11-13,16,20,25H,3-5,9-10,14-15,17-18H2,1-2H3,(H,29,34)(H,35,36)/t25-/m0/s1. The Morgan fingerprint density at radius 3 is 2.65 bits per heavy atom. The molecule has 0 bridgehead atoms. The molecule has 4 rings (SSSR count). The van der Waals surface area contributed by atoms with Crippen molar-refractivity contribution in [1.29, 1.82) is 0 Å². The van der Waals surface area contributed by atoms with Crippen LogP contribution in [0.3, 0.4) is 0 Å². The van der Waals surface area contributed by atoms with Gasteiger partial charge in [-0.2, -0.15) is 11.8 Å². The topological polar surface area (TPSA) is 110 Å². The van der Waals surface area contributed by atoms with Crippen LogP contribution in [0.2, 0.25) is 0 Å². The fourth-order valence-electron chi connectivity index (χ4n) is 5.01. The summed E-state index contributed by atoms with van der Waals surface area (Å²) in [5, 5.41) is 24.8. The number of tetrazole rings is 1. The van der Waals surface area contributed by atoms with E-state index >= 15 is 0 Å². The first kappa shape index (κ1) is 26.9. The Bertz CT molecular complexity index is 1220. The molecule has 8 nitrogen and oxygen atoms in total. The highest BCUT2D eigenvalue weighted by molar-refractivity contribution is 7.98. The smallest absolute Gasteiger partial charge is 0.326 e. The van der Waals surface area contributed by atoms with Crippen molar-refractivity contribution in [3.8, 4) is 11.1 Å². The molecule has 0 unspecified atom stereocenters. The van der Waals surface area contributed by atoms with Crippen LogP contribution in [-0.2, 0) is 17.8 Å². The zero-order chi connectivity index (χ0) is 26.2. The molecule has 1 aromatic heterocycles. The van der Waals surface area contributed by atoms with E-state index in [0.29, 0.717) is 30.1 Å². The molecule has 0 spiro atoms. The molecule has 0 saturated heterocycles. The molecule has 1 amide bonds. The van der Waals surface area contributed by atoms with Crippen LogP contribution in [0.5, 0.6) is 0 Å². The number of thioether (sulfide) groups is 1. The number of carboxylic acid groups (broad SMARTS) is 1. The normalized spacial score (nSPS) is 14.9. The van der Waals surface area contributed by atoms with E-state index in [1.54, 1.807) is 17.8 Å². The molecule has 0 radical (unpaired) electrons. The maximum Gasteiger partial charge on any atom is 0.326 e. The Kier molecular flexibility index (Phi) is 9.33. The van der Waals surface area contributed by atoms with Gasteiger partial charge >= 0.3 is 5.97 Å². The van der Waals surface area contributed by atoms with Crippen molar-refractivity contribution in [3.63, 3.8) is 0 Å². The summed E-state index contributed by atoms with van der Waals surface area (Å²) < 4.78 is 1.92. The maximum atomic E-state index is 13.3. The highest BCUT2D eigenvalue weighted by Crippen LogP contribution is 2.29. The van der Waals surface area contributed by atoms with Crippen LogP contribution in [0.1, 0.15) is 65.8 Å². The lowest BCUT2D eigenvalue weighted by Crippen LogP contribution is -2.41. The van der Waals surface area contributed by atoms with E-state index in [1.807, 2.05) is 54.3 Å². The zero-order valence-electron chi connectivity index (χ0n) is 21.5. The van der Waals surface area contributed by atoms with Crippen LogP contribution in [0.4, 0.5) is 0 Å². The second-order valence-electron chi connectivity index (χ2n) is 9.80. The lowest BCUT2D eigenvalue weighted by Gasteiger charge is -2.21. The monoisotopic (exact) mass is 521 g/mol. The third-order valence-corrected chi connectivity index (χ3v) is 7.75. The second-order valence-corrected chi connectivity index (χ2v) is 10.8. The van der Waals surface area contributed by atoms with Gasteiger partial charge in [0.25, 0.3) is 5.91 Å². The van der Waals surface area contributed by atoms with Crippen molar-refractivity contribution >= 4 is 23.6 Å². The van der Waals surface area contributed by atoms with Gasteiger partial charge in [0.15, 0.2) is 5.82 Å². The van der Waals surface area contributed by atoms with Crippen LogP contribution < -0.4 is 5.32 Å². The predicted octanol–water partition coefficient (Wildman–Crippen LogP) is 4.76. The third kappa shape index (κ3) is 6.97. The largest absolute Gasteiger partial charge is 0.480 e. The molecule has 3 aromatic rings. The lowest BCUT2D eigenvalue weighted by atomic mass is 9.89. The molecule has 37 heavy (non-hydrogen) atoms. The fourth-order valence-corrected chi connectivity index (χ4v) is 5.49. The van der Waals surface area contributed by atoms with E-state index in [1.165, 1.54) is 32.1 Å². The number of benzene rings is 2. The van der Waals surface area contributed by atoms with Crippen molar-refractivity contribution < 1.29 is 14.7 Å². The van der Waals surface area contributed by atoms with Gasteiger partial charge in [0.05, 0.1) is 0 Å². The number of aliphatic carboxylic acids is 1. The molecular formula is C28H35N5O3S. The van der Waals surface area contributed by atoms with Gasteiger partial charge in [0.2, 0.25) is 0 Å². The molecule has 1 aliphatic rings. The first-order valence-corrected chi connectivity index (χ1v) is 14.3. The van der Waals surface area contributed by atoms with Crippen LogP contribution in [-0.4, -0.2) is 55.2 Å². The minimum atomic E-state index is -1.03. The van der Waals surface area contributed by atoms with Gasteiger partial charge in [-0.15, -0.1) is 5.10 Å². The van der Waals surface area contributed by atoms with Crippen molar-refractivity contribution in [2.75, 3.05) is 12.0 Å². The number of nitrogens with zero attached hydrogens (tertiary/aromatic N) is 4. The second kappa shape index (κ2) is 12.9. The summed E-state index contributed by atoms with van der Waals surface area (Å²) >= 11 is 1.55. The van der Waals surface area contributed by atoms with Crippen LogP contribution >= 0.6 is 11.8 Å². The number of carbonyl (C=O) groups excluding carboxylic acids is 1. The Morgan fingerprint density at radius 2 is 1.92 bits per heavy atom. The number of hydrogen-bond donors (Lipinski definition) is 2. The summed E-state index contributed by atoms with van der Waals surface area (Å²) in [6, 6.07) is 12.7. The zero-order valence-corrected chi connectivity index (χ0v) is 22.3. The average Bonchev–Trinajstić information content (AvgIpc) is 3.33. The van der Waals surface area contributed by atoms with Gasteiger partial charge in [0.1, 0.15) is 6.04 Å². The highest BCUT2D eigenvalue weighted by Gasteiger charge is 2.23. The van der Waals surface area contributed by atoms with Crippen molar-refractivity contribution in [3.05, 3.63) is 65.0 Å². The predicted molar refractivity (Wildman–Crippen MR) is 146 cm³/mol. The van der Waals surface area contributed by atoms with Crippen LogP contribution in [0.15, 0.2) is 42.5 Å². The number of aryl methyl sites for hydroxylation is 1. The minimum absolute atomic E-state index is 0.365. The van der Waals surface area contributed by atoms with Gasteiger partial charge in [0, 0.05) is 18.5 Å². The molecule has 2 N–H and O–H groups in total. The first-order valence-electron chi connectivity index (χ1n) is 12.9. The van der Waals surface area contributed by atoms with Crippen LogP contribution in [0, 0.1) is 12.8 Å². The fraction of sp³-hybridized carbons (Fsp3) is 0.464. The number of nitrogens with one attached hydrogen (secondary N) is 1. The first-order chi connectivity index (χ1) is 18.0. The SMILES string of the molecule is CSCC[C@H](NC(=O)c1ccc(Cc2nnnn2CC2CCCCC2)cc1-c1ccccc1C)C(=O)O. The summed E-state index contributed by atoms with van der Waals surface area (Å²) in [6.45, 7) is 2.84. The van der Waals surface area contributed by atoms with Crippen molar-refractivity contribution in [2.24, 2.45) is 5.92 Å². The Balaban J connectivity index is 1.62. The van der Waals surface area contributed by atoms with Gasteiger partial charge in [-0.1, -0.05) is 49.6 Å². The third-order valence-electron chi connectivity index (χ3n) is 7.10. The number of rotatable bonds is 11. The quantitative estimate of drug-likeness (QED) is 0.374. The molecule has 196 valence electrons. The van der Waals surface area contributed by atoms with Crippen molar-refractivity contribution in [2.45, 2.75) is 64.5 Å². The lowest BCUT2D eigenvalue weighted by molar-refractivity contribution is -0.139. The number of hydrogen-bond acceptors (Lipinski definition) is 6. The summed E-state index contributed by atoms with van der Waals surface area (Å²) in [5.41, 5.74) is 4.19. The number of amides is 1. The van der Waals surface area contributed by atoms with Crippen molar-refractivity contribution in [1.82, 2.24) is 25.5 Å². The summed E-state index contributed by atoms with van der Waals surface area (Å²) in [7, 11) is 0. The molecule has 0 aliphatic heterocycles. The van der Waals surface area contributed by atoms with Gasteiger partial charge < -0.3 is 10.4 Å². The molecule has 9 heteroatoms. The van der Waals surface area contributed by atoms with E-state index in [2.05, 4.69) is 20.8 Å². The number of aromatic nitrogens is 4. The summed E-state index contributed by atoms with van der Waals surface area (Å²) in [6.07, 6.45) is 9.11. The Morgan fingerprint density at radius 1 is 1.14 bits per heavy atom. The van der Waals surface area contributed by atoms with E-state index < -0.39 is 12.0 Å². The van der Waals surface area contributed by atoms with E-state index in [-0.39, 0.29) is 5.91 Å². The Hall–Kier alpha value is -3.20. The average molecular weight is 522 g/mol. The van der Waals surface area contributed by atoms with Gasteiger partial charge in [-0.25, -0.2) is 9.48 Å². The van der Waals surface area contributed by atoms with E-state index in [4.69, 9.17) is 0 Å². The van der Waals surface area contributed by atoms with Gasteiger partial charge in [-0.05, 0) is 88.9 Å². The number of carboxylic acids is 1. The molecular weight excluding hydrogens is 486 g/mol. The molecule has 2 aromatic carbocycles. The molecule has 1 heterocycles. The van der Waals surface area contributed by atoms with Crippen LogP contribution in [0.25, 0.3) is 11.1 Å². The maximum absolute atomic E-state index is 13.3. The molecule has 1 atom stereocenters.